The summed E-state index contributed by atoms with van der Waals surface area (Å²) in [6.07, 6.45) is 2.09. The Labute approximate surface area is 125 Å². The van der Waals surface area contributed by atoms with Gasteiger partial charge in [-0.3, -0.25) is 14.3 Å². The van der Waals surface area contributed by atoms with Crippen molar-refractivity contribution >= 4 is 11.8 Å². The standard InChI is InChI=1S/C15H24N4O2/c1-5-10-8-11(18(4)17-10)9-19-13(7-3)14(20)16-12(6-2)15(19)21/h8,12-13H,5-7,9H2,1-4H3,(H,16,20). The highest BCUT2D eigenvalue weighted by Gasteiger charge is 2.38. The van der Waals surface area contributed by atoms with Crippen LogP contribution in [0.25, 0.3) is 0 Å². The molecule has 1 N–H and O–H groups in total. The van der Waals surface area contributed by atoms with Crippen LogP contribution in [-0.2, 0) is 29.6 Å². The molecular formula is C15H24N4O2. The number of carbonyl (C=O) groups excluding carboxylic acids is 2. The summed E-state index contributed by atoms with van der Waals surface area (Å²) in [6.45, 7) is 6.32. The van der Waals surface area contributed by atoms with Crippen LogP contribution in [0, 0.1) is 0 Å². The number of hydrogen-bond donors (Lipinski definition) is 1. The van der Waals surface area contributed by atoms with Gasteiger partial charge in [0, 0.05) is 7.05 Å². The van der Waals surface area contributed by atoms with E-state index in [0.29, 0.717) is 19.4 Å². The van der Waals surface area contributed by atoms with Crippen LogP contribution < -0.4 is 5.32 Å². The molecule has 6 heteroatoms. The molecule has 2 atom stereocenters. The van der Waals surface area contributed by atoms with Crippen molar-refractivity contribution in [3.05, 3.63) is 17.5 Å². The lowest BCUT2D eigenvalue weighted by molar-refractivity contribution is -0.150. The van der Waals surface area contributed by atoms with Gasteiger partial charge >= 0.3 is 0 Å². The van der Waals surface area contributed by atoms with Crippen LogP contribution in [0.2, 0.25) is 0 Å². The number of rotatable bonds is 5. The lowest BCUT2D eigenvalue weighted by atomic mass is 10.0. The maximum absolute atomic E-state index is 12.5. The zero-order chi connectivity index (χ0) is 15.6. The van der Waals surface area contributed by atoms with Crippen LogP contribution in [0.4, 0.5) is 0 Å². The summed E-state index contributed by atoms with van der Waals surface area (Å²) < 4.78 is 1.80. The minimum absolute atomic E-state index is 0.00296. The molecule has 1 saturated heterocycles. The second kappa shape index (κ2) is 6.28. The van der Waals surface area contributed by atoms with Gasteiger partial charge in [-0.05, 0) is 25.3 Å². The van der Waals surface area contributed by atoms with Crippen LogP contribution in [0.15, 0.2) is 6.07 Å². The first-order valence-corrected chi connectivity index (χ1v) is 7.64. The monoisotopic (exact) mass is 292 g/mol. The quantitative estimate of drug-likeness (QED) is 0.880. The molecule has 2 heterocycles. The van der Waals surface area contributed by atoms with Crippen LogP contribution >= 0.6 is 0 Å². The lowest BCUT2D eigenvalue weighted by Crippen LogP contribution is -2.62. The van der Waals surface area contributed by atoms with E-state index in [9.17, 15) is 9.59 Å². The highest BCUT2D eigenvalue weighted by atomic mass is 16.2. The van der Waals surface area contributed by atoms with Gasteiger partial charge in [0.05, 0.1) is 17.9 Å². The molecule has 0 aliphatic carbocycles. The summed E-state index contributed by atoms with van der Waals surface area (Å²) in [5.74, 6) is -0.0509. The topological polar surface area (TPSA) is 67.2 Å². The molecule has 0 radical (unpaired) electrons. The number of hydrogen-bond acceptors (Lipinski definition) is 3. The van der Waals surface area contributed by atoms with E-state index in [1.807, 2.05) is 33.9 Å². The first-order valence-electron chi connectivity index (χ1n) is 7.64. The smallest absolute Gasteiger partial charge is 0.246 e. The SMILES string of the molecule is CCc1cc(CN2C(=O)C(CC)NC(=O)C2CC)n(C)n1. The molecule has 0 bridgehead atoms. The average Bonchev–Trinajstić information content (AvgIpc) is 2.83. The summed E-state index contributed by atoms with van der Waals surface area (Å²) in [7, 11) is 1.88. The van der Waals surface area contributed by atoms with Crippen molar-refractivity contribution in [1.82, 2.24) is 20.0 Å². The van der Waals surface area contributed by atoms with Crippen LogP contribution in [0.3, 0.4) is 0 Å². The van der Waals surface area contributed by atoms with Crippen molar-refractivity contribution in [2.75, 3.05) is 0 Å². The van der Waals surface area contributed by atoms with E-state index in [0.717, 1.165) is 17.8 Å². The Kier molecular flexibility index (Phi) is 4.65. The zero-order valence-corrected chi connectivity index (χ0v) is 13.2. The highest BCUT2D eigenvalue weighted by molar-refractivity contribution is 5.96. The second-order valence-electron chi connectivity index (χ2n) is 5.46. The highest BCUT2D eigenvalue weighted by Crippen LogP contribution is 2.18. The van der Waals surface area contributed by atoms with Crippen LogP contribution in [0.1, 0.15) is 45.0 Å². The largest absolute Gasteiger partial charge is 0.343 e. The third-order valence-corrected chi connectivity index (χ3v) is 4.09. The maximum atomic E-state index is 12.5. The van der Waals surface area contributed by atoms with Gasteiger partial charge in [-0.25, -0.2) is 0 Å². The van der Waals surface area contributed by atoms with E-state index in [1.165, 1.54) is 0 Å². The van der Waals surface area contributed by atoms with E-state index in [4.69, 9.17) is 0 Å². The molecule has 1 aromatic rings. The Hall–Kier alpha value is -1.85. The van der Waals surface area contributed by atoms with Crippen molar-refractivity contribution in [1.29, 1.82) is 0 Å². The summed E-state index contributed by atoms with van der Waals surface area (Å²) >= 11 is 0. The van der Waals surface area contributed by atoms with Crippen molar-refractivity contribution in [3.63, 3.8) is 0 Å². The first kappa shape index (κ1) is 15.5. The van der Waals surface area contributed by atoms with Crippen molar-refractivity contribution in [3.8, 4) is 0 Å². The summed E-state index contributed by atoms with van der Waals surface area (Å²) in [6, 6.07) is 1.22. The summed E-state index contributed by atoms with van der Waals surface area (Å²) in [4.78, 5) is 26.4. The molecule has 1 aliphatic heterocycles. The Morgan fingerprint density at radius 3 is 2.48 bits per heavy atom. The van der Waals surface area contributed by atoms with Crippen molar-refractivity contribution < 1.29 is 9.59 Å². The molecule has 116 valence electrons. The number of piperazine rings is 1. The molecule has 2 unspecified atom stereocenters. The van der Waals surface area contributed by atoms with Gasteiger partial charge in [0.1, 0.15) is 12.1 Å². The van der Waals surface area contributed by atoms with Gasteiger partial charge in [-0.1, -0.05) is 20.8 Å². The van der Waals surface area contributed by atoms with Gasteiger partial charge in [0.2, 0.25) is 11.8 Å². The van der Waals surface area contributed by atoms with Gasteiger partial charge < -0.3 is 10.2 Å². The first-order chi connectivity index (χ1) is 10.0. The fraction of sp³-hybridized carbons (Fsp3) is 0.667. The van der Waals surface area contributed by atoms with Gasteiger partial charge in [-0.2, -0.15) is 5.10 Å². The number of aryl methyl sites for hydroxylation is 2. The van der Waals surface area contributed by atoms with E-state index in [1.54, 1.807) is 9.58 Å². The molecule has 1 aromatic heterocycles. The summed E-state index contributed by atoms with van der Waals surface area (Å²) in [5.41, 5.74) is 1.96. The number of aromatic nitrogens is 2. The van der Waals surface area contributed by atoms with E-state index >= 15 is 0 Å². The molecule has 0 spiro atoms. The summed E-state index contributed by atoms with van der Waals surface area (Å²) in [5, 5.41) is 7.22. The molecular weight excluding hydrogens is 268 g/mol. The Morgan fingerprint density at radius 2 is 1.95 bits per heavy atom. The van der Waals surface area contributed by atoms with E-state index in [-0.39, 0.29) is 17.9 Å². The normalized spacial score (nSPS) is 22.6. The molecule has 0 aromatic carbocycles. The Morgan fingerprint density at radius 1 is 1.24 bits per heavy atom. The molecule has 2 rings (SSSR count). The molecule has 1 fully saturated rings. The van der Waals surface area contributed by atoms with Gasteiger partial charge in [0.15, 0.2) is 0 Å². The predicted molar refractivity (Wildman–Crippen MR) is 79.4 cm³/mol. The van der Waals surface area contributed by atoms with E-state index in [2.05, 4.69) is 10.4 Å². The lowest BCUT2D eigenvalue weighted by Gasteiger charge is -2.38. The molecule has 2 amide bonds. The average molecular weight is 292 g/mol. The zero-order valence-electron chi connectivity index (χ0n) is 13.2. The minimum Gasteiger partial charge on any atom is -0.343 e. The van der Waals surface area contributed by atoms with Crippen molar-refractivity contribution in [2.45, 2.75) is 58.7 Å². The second-order valence-corrected chi connectivity index (χ2v) is 5.46. The minimum atomic E-state index is -0.404. The molecule has 6 nitrogen and oxygen atoms in total. The van der Waals surface area contributed by atoms with E-state index < -0.39 is 6.04 Å². The molecule has 0 saturated carbocycles. The number of nitrogens with one attached hydrogen (secondary N) is 1. The van der Waals surface area contributed by atoms with Crippen LogP contribution in [-0.4, -0.2) is 38.6 Å². The Balaban J connectivity index is 2.26. The van der Waals surface area contributed by atoms with Gasteiger partial charge in [-0.15, -0.1) is 0 Å². The third kappa shape index (κ3) is 2.94. The molecule has 1 aliphatic rings. The number of carbonyl (C=O) groups is 2. The third-order valence-electron chi connectivity index (χ3n) is 4.09. The maximum Gasteiger partial charge on any atom is 0.246 e. The van der Waals surface area contributed by atoms with Crippen molar-refractivity contribution in [2.24, 2.45) is 7.05 Å². The van der Waals surface area contributed by atoms with Gasteiger partial charge in [0.25, 0.3) is 0 Å². The van der Waals surface area contributed by atoms with Crippen LogP contribution in [0.5, 0.6) is 0 Å². The fourth-order valence-electron chi connectivity index (χ4n) is 2.76. The predicted octanol–water partition coefficient (Wildman–Crippen LogP) is 0.998. The molecule has 21 heavy (non-hydrogen) atoms. The Bertz CT molecular complexity index is 538. The number of amides is 2. The fourth-order valence-corrected chi connectivity index (χ4v) is 2.76. The number of nitrogens with zero attached hydrogens (tertiary/aromatic N) is 3.